The van der Waals surface area contributed by atoms with Gasteiger partial charge >= 0.3 is 0 Å². The van der Waals surface area contributed by atoms with Crippen LogP contribution in [0.1, 0.15) is 25.7 Å². The number of benzene rings is 1. The Morgan fingerprint density at radius 3 is 2.50 bits per heavy atom. The Hall–Kier alpha value is -1.18. The molecule has 8 heteroatoms. The van der Waals surface area contributed by atoms with E-state index in [2.05, 4.69) is 0 Å². The Bertz CT molecular complexity index is 737. The topological polar surface area (TPSA) is 57.7 Å². The molecule has 24 heavy (non-hydrogen) atoms. The first-order valence-corrected chi connectivity index (χ1v) is 9.95. The van der Waals surface area contributed by atoms with Gasteiger partial charge < -0.3 is 4.90 Å². The van der Waals surface area contributed by atoms with E-state index in [1.165, 1.54) is 10.4 Å². The van der Waals surface area contributed by atoms with Crippen LogP contribution >= 0.6 is 11.6 Å². The number of carbonyl (C=O) groups is 1. The smallest absolute Gasteiger partial charge is 0.243 e. The van der Waals surface area contributed by atoms with Crippen LogP contribution in [0.15, 0.2) is 23.1 Å². The lowest BCUT2D eigenvalue weighted by Gasteiger charge is -2.31. The van der Waals surface area contributed by atoms with Crippen LogP contribution in [0.25, 0.3) is 0 Å². The molecule has 0 aromatic heterocycles. The highest BCUT2D eigenvalue weighted by Gasteiger charge is 2.33. The molecule has 1 aliphatic heterocycles. The number of sulfonamides is 1. The van der Waals surface area contributed by atoms with E-state index < -0.39 is 15.8 Å². The molecule has 132 valence electrons. The molecular formula is C16H20ClFN2O3S. The summed E-state index contributed by atoms with van der Waals surface area (Å²) in [4.78, 5) is 14.1. The largest absolute Gasteiger partial charge is 0.341 e. The molecule has 0 atom stereocenters. The fourth-order valence-corrected chi connectivity index (χ4v) is 4.80. The molecule has 1 amide bonds. The SMILES string of the molecule is O=C(C1CCC1)N1CCCN(S(=O)(=O)c2ccc(F)c(Cl)c2)CC1. The highest BCUT2D eigenvalue weighted by Crippen LogP contribution is 2.29. The van der Waals surface area contributed by atoms with Crippen LogP contribution in [0.5, 0.6) is 0 Å². The summed E-state index contributed by atoms with van der Waals surface area (Å²) >= 11 is 5.70. The van der Waals surface area contributed by atoms with Gasteiger partial charge in [0.25, 0.3) is 0 Å². The molecular weight excluding hydrogens is 355 g/mol. The second-order valence-corrected chi connectivity index (χ2v) is 8.63. The van der Waals surface area contributed by atoms with Crippen molar-refractivity contribution in [1.29, 1.82) is 0 Å². The molecule has 1 aromatic carbocycles. The van der Waals surface area contributed by atoms with Crippen molar-refractivity contribution >= 4 is 27.5 Å². The summed E-state index contributed by atoms with van der Waals surface area (Å²) in [5.74, 6) is -0.391. The maximum atomic E-state index is 13.3. The molecule has 0 radical (unpaired) electrons. The van der Waals surface area contributed by atoms with E-state index in [0.717, 1.165) is 31.4 Å². The van der Waals surface area contributed by atoms with Gasteiger partial charge in [0.15, 0.2) is 0 Å². The standard InChI is InChI=1S/C16H20ClFN2O3S/c17-14-11-13(5-6-15(14)18)24(22,23)20-8-2-7-19(9-10-20)16(21)12-3-1-4-12/h5-6,11-12H,1-4,7-10H2. The van der Waals surface area contributed by atoms with Crippen LogP contribution in [0.3, 0.4) is 0 Å². The summed E-state index contributed by atoms with van der Waals surface area (Å²) in [5.41, 5.74) is 0. The van der Waals surface area contributed by atoms with Crippen molar-refractivity contribution in [3.05, 3.63) is 29.0 Å². The predicted octanol–water partition coefficient (Wildman–Crippen LogP) is 2.50. The minimum Gasteiger partial charge on any atom is -0.341 e. The van der Waals surface area contributed by atoms with Gasteiger partial charge in [0.05, 0.1) is 9.92 Å². The van der Waals surface area contributed by atoms with Crippen LogP contribution in [0, 0.1) is 11.7 Å². The van der Waals surface area contributed by atoms with Crippen LogP contribution in [-0.4, -0.2) is 49.7 Å². The summed E-state index contributed by atoms with van der Waals surface area (Å²) in [5, 5.41) is -0.215. The predicted molar refractivity (Wildman–Crippen MR) is 88.7 cm³/mol. The van der Waals surface area contributed by atoms with Gasteiger partial charge in [0, 0.05) is 32.1 Å². The summed E-state index contributed by atoms with van der Waals surface area (Å²) in [6, 6.07) is 3.41. The van der Waals surface area contributed by atoms with Crippen LogP contribution < -0.4 is 0 Å². The van der Waals surface area contributed by atoms with E-state index in [1.807, 2.05) is 0 Å². The molecule has 1 heterocycles. The Morgan fingerprint density at radius 1 is 1.12 bits per heavy atom. The average molecular weight is 375 g/mol. The third kappa shape index (κ3) is 3.43. The van der Waals surface area contributed by atoms with E-state index in [1.54, 1.807) is 4.90 Å². The van der Waals surface area contributed by atoms with Gasteiger partial charge in [0.2, 0.25) is 15.9 Å². The number of hydrogen-bond acceptors (Lipinski definition) is 3. The minimum absolute atomic E-state index is 0.0207. The van der Waals surface area contributed by atoms with Gasteiger partial charge in [-0.25, -0.2) is 12.8 Å². The summed E-state index contributed by atoms with van der Waals surface area (Å²) in [6.45, 7) is 1.55. The van der Waals surface area contributed by atoms with Gasteiger partial charge in [-0.15, -0.1) is 0 Å². The van der Waals surface area contributed by atoms with Crippen LogP contribution in [0.2, 0.25) is 5.02 Å². The van der Waals surface area contributed by atoms with E-state index in [4.69, 9.17) is 11.6 Å². The molecule has 5 nitrogen and oxygen atoms in total. The van der Waals surface area contributed by atoms with Gasteiger partial charge in [-0.1, -0.05) is 18.0 Å². The second-order valence-electron chi connectivity index (χ2n) is 6.29. The van der Waals surface area contributed by atoms with E-state index in [-0.39, 0.29) is 28.3 Å². The lowest BCUT2D eigenvalue weighted by molar-refractivity contribution is -0.138. The Labute approximate surface area is 146 Å². The molecule has 2 fully saturated rings. The minimum atomic E-state index is -3.74. The number of rotatable bonds is 3. The van der Waals surface area contributed by atoms with Crippen molar-refractivity contribution in [1.82, 2.24) is 9.21 Å². The molecule has 0 spiro atoms. The monoisotopic (exact) mass is 374 g/mol. The third-order valence-corrected chi connectivity index (χ3v) is 6.93. The summed E-state index contributed by atoms with van der Waals surface area (Å²) in [7, 11) is -3.74. The number of amides is 1. The molecule has 1 saturated heterocycles. The lowest BCUT2D eigenvalue weighted by atomic mass is 9.84. The second kappa shape index (κ2) is 6.98. The Balaban J connectivity index is 1.72. The van der Waals surface area contributed by atoms with E-state index in [9.17, 15) is 17.6 Å². The summed E-state index contributed by atoms with van der Waals surface area (Å²) in [6.07, 6.45) is 3.56. The zero-order valence-electron chi connectivity index (χ0n) is 13.2. The first kappa shape index (κ1) is 17.6. The molecule has 1 aromatic rings. The van der Waals surface area contributed by atoms with E-state index in [0.29, 0.717) is 26.1 Å². The Kier molecular flexibility index (Phi) is 5.13. The zero-order valence-corrected chi connectivity index (χ0v) is 14.8. The van der Waals surface area contributed by atoms with E-state index >= 15 is 0 Å². The Morgan fingerprint density at radius 2 is 1.88 bits per heavy atom. The van der Waals surface area contributed by atoms with Gasteiger partial charge in [0.1, 0.15) is 5.82 Å². The molecule has 0 unspecified atom stereocenters. The maximum absolute atomic E-state index is 13.3. The van der Waals surface area contributed by atoms with Crippen LogP contribution in [-0.2, 0) is 14.8 Å². The fraction of sp³-hybridized carbons (Fsp3) is 0.562. The fourth-order valence-electron chi connectivity index (χ4n) is 3.05. The van der Waals surface area contributed by atoms with Crippen LogP contribution in [0.4, 0.5) is 4.39 Å². The molecule has 1 aliphatic carbocycles. The van der Waals surface area contributed by atoms with Gasteiger partial charge in [-0.05, 0) is 37.5 Å². The van der Waals surface area contributed by atoms with Crippen molar-refractivity contribution in [2.75, 3.05) is 26.2 Å². The highest BCUT2D eigenvalue weighted by atomic mass is 35.5. The van der Waals surface area contributed by atoms with Gasteiger partial charge in [-0.3, -0.25) is 4.79 Å². The number of hydrogen-bond donors (Lipinski definition) is 0. The molecule has 3 rings (SSSR count). The normalized spacial score (nSPS) is 20.5. The first-order valence-electron chi connectivity index (χ1n) is 8.13. The quantitative estimate of drug-likeness (QED) is 0.816. The van der Waals surface area contributed by atoms with Crippen molar-refractivity contribution in [2.45, 2.75) is 30.6 Å². The lowest BCUT2D eigenvalue weighted by Crippen LogP contribution is -2.41. The zero-order chi connectivity index (χ0) is 17.3. The molecule has 1 saturated carbocycles. The molecule has 0 bridgehead atoms. The van der Waals surface area contributed by atoms with Crippen molar-refractivity contribution in [3.63, 3.8) is 0 Å². The maximum Gasteiger partial charge on any atom is 0.243 e. The third-order valence-electron chi connectivity index (χ3n) is 4.75. The molecule has 0 N–H and O–H groups in total. The van der Waals surface area contributed by atoms with Gasteiger partial charge in [-0.2, -0.15) is 4.31 Å². The summed E-state index contributed by atoms with van der Waals surface area (Å²) < 4.78 is 40.1. The molecule has 2 aliphatic rings. The average Bonchev–Trinajstić information content (AvgIpc) is 2.74. The number of carbonyl (C=O) groups excluding carboxylic acids is 1. The highest BCUT2D eigenvalue weighted by molar-refractivity contribution is 7.89. The van der Waals surface area contributed by atoms with Crippen molar-refractivity contribution in [3.8, 4) is 0 Å². The van der Waals surface area contributed by atoms with Crippen molar-refractivity contribution < 1.29 is 17.6 Å². The van der Waals surface area contributed by atoms with Crippen molar-refractivity contribution in [2.24, 2.45) is 5.92 Å². The number of halogens is 2. The first-order chi connectivity index (χ1) is 11.4. The number of nitrogens with zero attached hydrogens (tertiary/aromatic N) is 2.